The fourth-order valence-electron chi connectivity index (χ4n) is 2.85. The molecule has 1 N–H and O–H groups in total. The zero-order valence-electron chi connectivity index (χ0n) is 14.9. The monoisotopic (exact) mass is 362 g/mol. The van der Waals surface area contributed by atoms with E-state index in [9.17, 15) is 14.9 Å². The second-order valence-electron chi connectivity index (χ2n) is 6.00. The van der Waals surface area contributed by atoms with E-state index in [1.807, 2.05) is 50.2 Å². The van der Waals surface area contributed by atoms with Crippen LogP contribution in [-0.4, -0.2) is 21.6 Å². The molecule has 0 saturated heterocycles. The molecule has 0 saturated carbocycles. The van der Waals surface area contributed by atoms with Crippen molar-refractivity contribution in [3.05, 3.63) is 93.3 Å². The summed E-state index contributed by atoms with van der Waals surface area (Å²) in [6.45, 7) is 3.99. The number of hydrogen-bond acceptors (Lipinski definition) is 4. The number of carbonyl (C=O) groups is 1. The summed E-state index contributed by atoms with van der Waals surface area (Å²) in [5.74, 6) is -0.432. The predicted octanol–water partition coefficient (Wildman–Crippen LogP) is 3.77. The number of benzene rings is 2. The van der Waals surface area contributed by atoms with Gasteiger partial charge in [-0.3, -0.25) is 14.9 Å². The van der Waals surface area contributed by atoms with E-state index in [4.69, 9.17) is 0 Å². The van der Waals surface area contributed by atoms with Gasteiger partial charge in [-0.25, -0.2) is 5.43 Å². The number of nitrogens with zero attached hydrogens (tertiary/aromatic N) is 3. The lowest BCUT2D eigenvalue weighted by molar-refractivity contribution is -0.384. The Morgan fingerprint density at radius 1 is 1.11 bits per heavy atom. The Balaban J connectivity index is 1.73. The second kappa shape index (κ2) is 7.65. The molecule has 3 aromatic rings. The summed E-state index contributed by atoms with van der Waals surface area (Å²) in [6.07, 6.45) is 1.59. The molecule has 7 heteroatoms. The number of aryl methyl sites for hydroxylation is 1. The van der Waals surface area contributed by atoms with Gasteiger partial charge in [0.2, 0.25) is 0 Å². The largest absolute Gasteiger partial charge is 0.318 e. The average Bonchev–Trinajstić information content (AvgIpc) is 2.96. The lowest BCUT2D eigenvalue weighted by Crippen LogP contribution is -2.17. The lowest BCUT2D eigenvalue weighted by atomic mass is 10.2. The van der Waals surface area contributed by atoms with Gasteiger partial charge in [0.25, 0.3) is 11.6 Å². The summed E-state index contributed by atoms with van der Waals surface area (Å²) < 4.78 is 2.11. The highest BCUT2D eigenvalue weighted by Gasteiger charge is 2.10. The highest BCUT2D eigenvalue weighted by molar-refractivity contribution is 5.95. The molecule has 27 heavy (non-hydrogen) atoms. The molecule has 1 heterocycles. The highest BCUT2D eigenvalue weighted by atomic mass is 16.6. The minimum atomic E-state index is -0.512. The maximum atomic E-state index is 12.1. The second-order valence-corrected chi connectivity index (χ2v) is 6.00. The number of aromatic nitrogens is 1. The molecule has 0 radical (unpaired) electrons. The van der Waals surface area contributed by atoms with E-state index in [1.54, 1.807) is 6.21 Å². The third-order valence-corrected chi connectivity index (χ3v) is 4.19. The van der Waals surface area contributed by atoms with E-state index in [0.717, 1.165) is 22.6 Å². The van der Waals surface area contributed by atoms with Crippen LogP contribution in [0.15, 0.2) is 65.8 Å². The molecule has 0 aliphatic carbocycles. The van der Waals surface area contributed by atoms with Crippen LogP contribution in [-0.2, 0) is 0 Å². The molecule has 3 rings (SSSR count). The van der Waals surface area contributed by atoms with E-state index >= 15 is 0 Å². The predicted molar refractivity (Wildman–Crippen MR) is 103 cm³/mol. The first-order valence-electron chi connectivity index (χ1n) is 8.29. The maximum Gasteiger partial charge on any atom is 0.271 e. The Morgan fingerprint density at radius 2 is 1.78 bits per heavy atom. The van der Waals surface area contributed by atoms with Crippen molar-refractivity contribution in [2.75, 3.05) is 0 Å². The van der Waals surface area contributed by atoms with Crippen LogP contribution in [0.1, 0.15) is 27.3 Å². The van der Waals surface area contributed by atoms with Crippen molar-refractivity contribution in [1.82, 2.24) is 9.99 Å². The number of para-hydroxylation sites is 1. The lowest BCUT2D eigenvalue weighted by Gasteiger charge is -2.08. The number of nitro benzene ring substituents is 1. The first kappa shape index (κ1) is 18.1. The van der Waals surface area contributed by atoms with Gasteiger partial charge in [-0.05, 0) is 44.2 Å². The van der Waals surface area contributed by atoms with Crippen molar-refractivity contribution in [3.8, 4) is 5.69 Å². The number of carbonyl (C=O) groups excluding carboxylic acids is 1. The maximum absolute atomic E-state index is 12.1. The normalized spacial score (nSPS) is 10.9. The molecule has 1 aromatic heterocycles. The molecular weight excluding hydrogens is 344 g/mol. The van der Waals surface area contributed by atoms with Crippen LogP contribution in [0.2, 0.25) is 0 Å². The zero-order valence-corrected chi connectivity index (χ0v) is 14.9. The van der Waals surface area contributed by atoms with Gasteiger partial charge < -0.3 is 4.57 Å². The molecule has 7 nitrogen and oxygen atoms in total. The van der Waals surface area contributed by atoms with Crippen LogP contribution in [0.3, 0.4) is 0 Å². The van der Waals surface area contributed by atoms with Crippen molar-refractivity contribution in [3.63, 3.8) is 0 Å². The Hall–Kier alpha value is -3.74. The molecule has 0 atom stereocenters. The van der Waals surface area contributed by atoms with Crippen molar-refractivity contribution in [2.24, 2.45) is 5.10 Å². The van der Waals surface area contributed by atoms with E-state index in [1.165, 1.54) is 24.3 Å². The van der Waals surface area contributed by atoms with Gasteiger partial charge in [0.1, 0.15) is 0 Å². The molecule has 0 bridgehead atoms. The fraction of sp³-hybridized carbons (Fsp3) is 0.100. The van der Waals surface area contributed by atoms with E-state index in [2.05, 4.69) is 15.1 Å². The Morgan fingerprint density at radius 3 is 2.41 bits per heavy atom. The summed E-state index contributed by atoms with van der Waals surface area (Å²) >= 11 is 0. The number of nitro groups is 1. The van der Waals surface area contributed by atoms with Crippen LogP contribution in [0.25, 0.3) is 5.69 Å². The Bertz CT molecular complexity index is 1010. The minimum absolute atomic E-state index is 0.0663. The van der Waals surface area contributed by atoms with E-state index < -0.39 is 10.8 Å². The molecule has 0 aliphatic rings. The number of amides is 1. The van der Waals surface area contributed by atoms with Gasteiger partial charge in [0, 0.05) is 40.3 Å². The number of rotatable bonds is 5. The van der Waals surface area contributed by atoms with Crippen LogP contribution in [0.4, 0.5) is 5.69 Å². The van der Waals surface area contributed by atoms with Gasteiger partial charge in [0.05, 0.1) is 11.1 Å². The van der Waals surface area contributed by atoms with Crippen LogP contribution in [0.5, 0.6) is 0 Å². The molecule has 0 unspecified atom stereocenters. The number of nitrogens with one attached hydrogen (secondary N) is 1. The molecule has 0 aliphatic heterocycles. The fourth-order valence-corrected chi connectivity index (χ4v) is 2.85. The van der Waals surface area contributed by atoms with E-state index in [0.29, 0.717) is 5.56 Å². The molecule has 0 spiro atoms. The summed E-state index contributed by atoms with van der Waals surface area (Å²) in [5.41, 5.74) is 6.69. The molecule has 2 aromatic carbocycles. The van der Waals surface area contributed by atoms with Crippen LogP contribution >= 0.6 is 0 Å². The van der Waals surface area contributed by atoms with Gasteiger partial charge in [-0.2, -0.15) is 5.10 Å². The Labute approximate surface area is 156 Å². The van der Waals surface area contributed by atoms with Gasteiger partial charge in [0.15, 0.2) is 0 Å². The van der Waals surface area contributed by atoms with Crippen molar-refractivity contribution >= 4 is 17.8 Å². The van der Waals surface area contributed by atoms with Crippen molar-refractivity contribution in [2.45, 2.75) is 13.8 Å². The SMILES string of the molecule is Cc1cc(/C=N\NC(=O)c2ccc([N+](=O)[O-])cc2)c(C)n1-c1ccccc1. The summed E-state index contributed by atoms with van der Waals surface area (Å²) in [5, 5.41) is 14.7. The van der Waals surface area contributed by atoms with Gasteiger partial charge in [-0.15, -0.1) is 0 Å². The quantitative estimate of drug-likeness (QED) is 0.426. The van der Waals surface area contributed by atoms with Gasteiger partial charge in [-0.1, -0.05) is 18.2 Å². The molecule has 0 fully saturated rings. The number of hydrazone groups is 1. The first-order chi connectivity index (χ1) is 13.0. The van der Waals surface area contributed by atoms with Crippen LogP contribution in [0, 0.1) is 24.0 Å². The Kier molecular flexibility index (Phi) is 5.12. The number of non-ortho nitro benzene ring substituents is 1. The standard InChI is InChI=1S/C20H18N4O3/c1-14-12-17(15(2)23(14)18-6-4-3-5-7-18)13-21-22-20(25)16-8-10-19(11-9-16)24(26)27/h3-13H,1-2H3,(H,22,25)/b21-13-. The summed E-state index contributed by atoms with van der Waals surface area (Å²) in [7, 11) is 0. The topological polar surface area (TPSA) is 89.5 Å². The minimum Gasteiger partial charge on any atom is -0.318 e. The van der Waals surface area contributed by atoms with Gasteiger partial charge >= 0.3 is 0 Å². The average molecular weight is 362 g/mol. The zero-order chi connectivity index (χ0) is 19.4. The third-order valence-electron chi connectivity index (χ3n) is 4.19. The van der Waals surface area contributed by atoms with E-state index in [-0.39, 0.29) is 5.69 Å². The first-order valence-corrected chi connectivity index (χ1v) is 8.29. The molecule has 1 amide bonds. The highest BCUT2D eigenvalue weighted by Crippen LogP contribution is 2.19. The van der Waals surface area contributed by atoms with Crippen molar-refractivity contribution < 1.29 is 9.72 Å². The summed E-state index contributed by atoms with van der Waals surface area (Å²) in [4.78, 5) is 22.2. The summed E-state index contributed by atoms with van der Waals surface area (Å²) in [6, 6.07) is 17.3. The smallest absolute Gasteiger partial charge is 0.271 e. The van der Waals surface area contributed by atoms with Crippen molar-refractivity contribution in [1.29, 1.82) is 0 Å². The van der Waals surface area contributed by atoms with Crippen LogP contribution < -0.4 is 5.43 Å². The molecule has 136 valence electrons. The third kappa shape index (κ3) is 3.92. The molecular formula is C20H18N4O3. The number of hydrogen-bond donors (Lipinski definition) is 1.